The van der Waals surface area contributed by atoms with Gasteiger partial charge in [0.1, 0.15) is 10.0 Å². The molecule has 4 aromatic rings. The largest absolute Gasteiger partial charge is 0.454 e. The van der Waals surface area contributed by atoms with Crippen molar-refractivity contribution in [1.29, 1.82) is 0 Å². The average Bonchev–Trinajstić information content (AvgIpc) is 3.47. The Bertz CT molecular complexity index is 1150. The van der Waals surface area contributed by atoms with E-state index >= 15 is 0 Å². The number of aromatic nitrogens is 5. The molecule has 0 spiro atoms. The van der Waals surface area contributed by atoms with Crippen molar-refractivity contribution < 1.29 is 9.47 Å². The maximum Gasteiger partial charge on any atom is 0.231 e. The summed E-state index contributed by atoms with van der Waals surface area (Å²) in [4.78, 5) is 0. The summed E-state index contributed by atoms with van der Waals surface area (Å²) in [6, 6.07) is 16.0. The minimum absolute atomic E-state index is 0.254. The molecule has 1 aliphatic rings. The van der Waals surface area contributed by atoms with Gasteiger partial charge in [0.25, 0.3) is 0 Å². The predicted molar refractivity (Wildman–Crippen MR) is 112 cm³/mol. The van der Waals surface area contributed by atoms with E-state index in [-0.39, 0.29) is 6.79 Å². The molecule has 0 saturated carbocycles. The highest BCUT2D eigenvalue weighted by atomic mass is 35.5. The van der Waals surface area contributed by atoms with Crippen LogP contribution in [0.4, 0.5) is 0 Å². The Hall–Kier alpha value is -2.62. The van der Waals surface area contributed by atoms with Crippen molar-refractivity contribution in [3.8, 4) is 22.9 Å². The Kier molecular flexibility index (Phi) is 5.09. The highest BCUT2D eigenvalue weighted by molar-refractivity contribution is 7.98. The maximum atomic E-state index is 6.14. The summed E-state index contributed by atoms with van der Waals surface area (Å²) in [5.41, 5.74) is 2.82. The number of thioether (sulfide) groups is 1. The van der Waals surface area contributed by atoms with Gasteiger partial charge in [-0.2, -0.15) is 0 Å². The first-order valence-corrected chi connectivity index (χ1v) is 10.9. The van der Waals surface area contributed by atoms with Crippen molar-refractivity contribution in [2.24, 2.45) is 0 Å². The highest BCUT2D eigenvalue weighted by Crippen LogP contribution is 2.34. The van der Waals surface area contributed by atoms with Gasteiger partial charge in [0.05, 0.1) is 6.54 Å². The smallest absolute Gasteiger partial charge is 0.231 e. The van der Waals surface area contributed by atoms with E-state index in [0.29, 0.717) is 16.6 Å². The fourth-order valence-corrected chi connectivity index (χ4v) is 4.65. The normalized spacial score (nSPS) is 12.4. The first-order chi connectivity index (χ1) is 14.3. The van der Waals surface area contributed by atoms with Crippen molar-refractivity contribution in [2.45, 2.75) is 17.5 Å². The van der Waals surface area contributed by atoms with E-state index in [2.05, 4.69) is 24.4 Å². The molecule has 29 heavy (non-hydrogen) atoms. The van der Waals surface area contributed by atoms with E-state index in [1.54, 1.807) is 0 Å². The molecular weight excluding hydrogens is 430 g/mol. The molecule has 3 heterocycles. The number of halogens is 1. The molecule has 0 N–H and O–H groups in total. The number of benzene rings is 2. The fraction of sp³-hybridized carbons (Fsp3) is 0.158. The molecule has 0 amide bonds. The summed E-state index contributed by atoms with van der Waals surface area (Å²) in [5.74, 6) is 2.89. The van der Waals surface area contributed by atoms with E-state index < -0.39 is 0 Å². The van der Waals surface area contributed by atoms with Crippen molar-refractivity contribution >= 4 is 34.9 Å². The zero-order valence-corrected chi connectivity index (χ0v) is 17.4. The third-order valence-electron chi connectivity index (χ3n) is 4.37. The van der Waals surface area contributed by atoms with Crippen LogP contribution in [0.2, 0.25) is 4.34 Å². The molecule has 0 saturated heterocycles. The van der Waals surface area contributed by atoms with Crippen molar-refractivity contribution in [3.63, 3.8) is 0 Å². The third kappa shape index (κ3) is 3.81. The van der Waals surface area contributed by atoms with Crippen LogP contribution in [0.15, 0.2) is 53.7 Å². The summed E-state index contributed by atoms with van der Waals surface area (Å²) < 4.78 is 17.5. The molecular formula is C19H14ClN5O2S2. The lowest BCUT2D eigenvalue weighted by Crippen LogP contribution is -2.04. The van der Waals surface area contributed by atoms with Crippen LogP contribution in [0.3, 0.4) is 0 Å². The molecule has 1 aliphatic heterocycles. The minimum atomic E-state index is 0.254. The molecule has 2 aromatic carbocycles. The van der Waals surface area contributed by atoms with E-state index in [1.165, 1.54) is 23.3 Å². The van der Waals surface area contributed by atoms with Gasteiger partial charge in [-0.1, -0.05) is 64.2 Å². The SMILES string of the molecule is Clc1snnc1CSc1nnc(-c2ccccc2)n1Cc1ccc2c(c1)OCO2. The second-order valence-electron chi connectivity index (χ2n) is 6.23. The summed E-state index contributed by atoms with van der Waals surface area (Å²) in [7, 11) is 0. The molecule has 5 rings (SSSR count). The molecule has 2 aromatic heterocycles. The summed E-state index contributed by atoms with van der Waals surface area (Å²) in [6.45, 7) is 0.851. The number of hydrogen-bond donors (Lipinski definition) is 0. The van der Waals surface area contributed by atoms with Gasteiger partial charge in [-0.25, -0.2) is 0 Å². The predicted octanol–water partition coefficient (Wildman–Crippen LogP) is 4.52. The van der Waals surface area contributed by atoms with Gasteiger partial charge in [0.2, 0.25) is 6.79 Å². The zero-order chi connectivity index (χ0) is 19.6. The molecule has 0 bridgehead atoms. The van der Waals surface area contributed by atoms with Gasteiger partial charge in [-0.15, -0.1) is 15.3 Å². The maximum absolute atomic E-state index is 6.14. The second kappa shape index (κ2) is 8.02. The van der Waals surface area contributed by atoms with Crippen LogP contribution in [0.25, 0.3) is 11.4 Å². The lowest BCUT2D eigenvalue weighted by molar-refractivity contribution is 0.174. The van der Waals surface area contributed by atoms with Crippen molar-refractivity contribution in [2.75, 3.05) is 6.79 Å². The third-order valence-corrected chi connectivity index (χ3v) is 6.34. The molecule has 0 radical (unpaired) electrons. The van der Waals surface area contributed by atoms with Gasteiger partial charge in [0.15, 0.2) is 22.5 Å². The topological polar surface area (TPSA) is 75.0 Å². The van der Waals surface area contributed by atoms with E-state index in [1.807, 2.05) is 48.5 Å². The van der Waals surface area contributed by atoms with Gasteiger partial charge in [-0.05, 0) is 17.7 Å². The van der Waals surface area contributed by atoms with Gasteiger partial charge in [-0.3, -0.25) is 4.57 Å². The number of rotatable bonds is 6. The van der Waals surface area contributed by atoms with Crippen LogP contribution in [-0.2, 0) is 12.3 Å². The Labute approximate surface area is 179 Å². The lowest BCUT2D eigenvalue weighted by Gasteiger charge is -2.11. The average molecular weight is 444 g/mol. The van der Waals surface area contributed by atoms with Gasteiger partial charge in [0, 0.05) is 22.8 Å². The molecule has 7 nitrogen and oxygen atoms in total. The van der Waals surface area contributed by atoms with Gasteiger partial charge < -0.3 is 9.47 Å². The van der Waals surface area contributed by atoms with Crippen LogP contribution in [0.5, 0.6) is 11.5 Å². The van der Waals surface area contributed by atoms with Crippen LogP contribution >= 0.6 is 34.9 Å². The van der Waals surface area contributed by atoms with Crippen LogP contribution < -0.4 is 9.47 Å². The number of nitrogens with zero attached hydrogens (tertiary/aromatic N) is 5. The van der Waals surface area contributed by atoms with E-state index in [4.69, 9.17) is 21.1 Å². The number of ether oxygens (including phenoxy) is 2. The van der Waals surface area contributed by atoms with Crippen LogP contribution in [0, 0.1) is 0 Å². The molecule has 0 fully saturated rings. The van der Waals surface area contributed by atoms with E-state index in [0.717, 1.165) is 39.3 Å². The Balaban J connectivity index is 1.48. The van der Waals surface area contributed by atoms with Crippen molar-refractivity contribution in [1.82, 2.24) is 24.4 Å². The lowest BCUT2D eigenvalue weighted by atomic mass is 10.2. The number of hydrogen-bond acceptors (Lipinski definition) is 8. The molecule has 0 aliphatic carbocycles. The standard InChI is InChI=1S/C19H14ClN5O2S2/c20-17-14(21-24-29-17)10-28-19-23-22-18(13-4-2-1-3-5-13)25(19)9-12-6-7-15-16(8-12)27-11-26-15/h1-8H,9-11H2. The Morgan fingerprint density at radius 3 is 2.72 bits per heavy atom. The minimum Gasteiger partial charge on any atom is -0.454 e. The number of fused-ring (bicyclic) bond motifs is 1. The van der Waals surface area contributed by atoms with Crippen LogP contribution in [0.1, 0.15) is 11.3 Å². The summed E-state index contributed by atoms with van der Waals surface area (Å²) in [6.07, 6.45) is 0. The second-order valence-corrected chi connectivity index (χ2v) is 8.53. The van der Waals surface area contributed by atoms with E-state index in [9.17, 15) is 0 Å². The van der Waals surface area contributed by atoms with Gasteiger partial charge >= 0.3 is 0 Å². The summed E-state index contributed by atoms with van der Waals surface area (Å²) in [5, 5.41) is 13.7. The highest BCUT2D eigenvalue weighted by Gasteiger charge is 2.18. The molecule has 10 heteroatoms. The first-order valence-electron chi connectivity index (χ1n) is 8.74. The molecule has 146 valence electrons. The monoisotopic (exact) mass is 443 g/mol. The summed E-state index contributed by atoms with van der Waals surface area (Å²) >= 11 is 8.86. The molecule has 0 unspecified atom stereocenters. The zero-order valence-electron chi connectivity index (χ0n) is 15.0. The quantitative estimate of drug-likeness (QED) is 0.405. The van der Waals surface area contributed by atoms with Crippen molar-refractivity contribution in [3.05, 3.63) is 64.1 Å². The molecule has 0 atom stereocenters. The fourth-order valence-electron chi connectivity index (χ4n) is 2.98. The van der Waals surface area contributed by atoms with Crippen LogP contribution in [-0.4, -0.2) is 31.1 Å². The first kappa shape index (κ1) is 18.4. The Morgan fingerprint density at radius 1 is 1.03 bits per heavy atom. The Morgan fingerprint density at radius 2 is 1.90 bits per heavy atom.